The molecule has 0 atom stereocenters. The topological polar surface area (TPSA) is 87.5 Å². The second-order valence-corrected chi connectivity index (χ2v) is 4.79. The number of hydrogen-bond donors (Lipinski definition) is 2. The van der Waals surface area contributed by atoms with E-state index in [1.807, 2.05) is 0 Å². The number of nitrogens with zero attached hydrogens (tertiary/aromatic N) is 1. The molecule has 0 radical (unpaired) electrons. The van der Waals surface area contributed by atoms with E-state index in [2.05, 4.69) is 4.98 Å². The monoisotopic (exact) mass is 217 g/mol. The highest BCUT2D eigenvalue weighted by Gasteiger charge is 2.18. The van der Waals surface area contributed by atoms with Crippen LogP contribution in [-0.4, -0.2) is 23.1 Å². The maximum atomic E-state index is 10.6. The van der Waals surface area contributed by atoms with Crippen molar-refractivity contribution < 1.29 is 18.1 Å². The van der Waals surface area contributed by atoms with E-state index in [4.69, 9.17) is 4.55 Å². The molecule has 0 aliphatic heterocycles. The quantitative estimate of drug-likeness (QED) is 0.706. The van der Waals surface area contributed by atoms with Gasteiger partial charge in [0, 0.05) is 11.8 Å². The van der Waals surface area contributed by atoms with Gasteiger partial charge in [-0.15, -0.1) is 0 Å². The standard InChI is InChI=1S/C8H11NO4S/c1-8(2,10)6-3-4-7(9-5-6)14(11,12)13/h3-5,10H,1-2H3,(H,11,12,13). The van der Waals surface area contributed by atoms with Crippen LogP contribution >= 0.6 is 0 Å². The first-order valence-corrected chi connectivity index (χ1v) is 5.31. The second kappa shape index (κ2) is 3.30. The molecule has 0 bridgehead atoms. The Hall–Kier alpha value is -0.980. The fourth-order valence-electron chi connectivity index (χ4n) is 0.895. The number of hydrogen-bond acceptors (Lipinski definition) is 4. The molecule has 1 heterocycles. The number of aliphatic hydroxyl groups is 1. The first-order chi connectivity index (χ1) is 6.21. The summed E-state index contributed by atoms with van der Waals surface area (Å²) in [5.41, 5.74) is -0.602. The Balaban J connectivity index is 3.14. The number of aromatic nitrogens is 1. The molecule has 0 aliphatic rings. The predicted octanol–water partition coefficient (Wildman–Crippen LogP) is 0.556. The summed E-state index contributed by atoms with van der Waals surface area (Å²) in [4.78, 5) is 3.52. The summed E-state index contributed by atoms with van der Waals surface area (Å²) in [6, 6.07) is 2.54. The van der Waals surface area contributed by atoms with Gasteiger partial charge < -0.3 is 5.11 Å². The highest BCUT2D eigenvalue weighted by Crippen LogP contribution is 2.19. The van der Waals surface area contributed by atoms with Crippen molar-refractivity contribution in [2.75, 3.05) is 0 Å². The van der Waals surface area contributed by atoms with Gasteiger partial charge in [0.05, 0.1) is 5.60 Å². The Labute approximate surface area is 82.2 Å². The van der Waals surface area contributed by atoms with Crippen LogP contribution in [0.1, 0.15) is 19.4 Å². The molecule has 0 spiro atoms. The normalized spacial score (nSPS) is 12.9. The van der Waals surface area contributed by atoms with Crippen LogP contribution in [0.25, 0.3) is 0 Å². The minimum atomic E-state index is -4.26. The molecule has 0 amide bonds. The van der Waals surface area contributed by atoms with E-state index in [9.17, 15) is 13.5 Å². The Morgan fingerprint density at radius 1 is 1.36 bits per heavy atom. The largest absolute Gasteiger partial charge is 0.386 e. The molecule has 0 unspecified atom stereocenters. The second-order valence-electron chi connectivity index (χ2n) is 3.42. The predicted molar refractivity (Wildman–Crippen MR) is 49.3 cm³/mol. The lowest BCUT2D eigenvalue weighted by atomic mass is 10.0. The molecule has 14 heavy (non-hydrogen) atoms. The van der Waals surface area contributed by atoms with E-state index in [0.29, 0.717) is 5.56 Å². The summed E-state index contributed by atoms with van der Waals surface area (Å²) in [5.74, 6) is 0. The van der Waals surface area contributed by atoms with Crippen molar-refractivity contribution in [3.8, 4) is 0 Å². The lowest BCUT2D eigenvalue weighted by Crippen LogP contribution is -2.16. The Morgan fingerprint density at radius 2 is 1.93 bits per heavy atom. The van der Waals surface area contributed by atoms with Crippen molar-refractivity contribution in [2.45, 2.75) is 24.5 Å². The smallest absolute Gasteiger partial charge is 0.312 e. The third kappa shape index (κ3) is 2.50. The van der Waals surface area contributed by atoms with Crippen LogP contribution in [0, 0.1) is 0 Å². The molecule has 6 heteroatoms. The van der Waals surface area contributed by atoms with Crippen LogP contribution in [0.15, 0.2) is 23.4 Å². The molecule has 1 aromatic rings. The number of rotatable bonds is 2. The zero-order chi connectivity index (χ0) is 11.0. The van der Waals surface area contributed by atoms with E-state index in [0.717, 1.165) is 6.07 Å². The van der Waals surface area contributed by atoms with E-state index >= 15 is 0 Å². The minimum absolute atomic E-state index is 0.425. The summed E-state index contributed by atoms with van der Waals surface area (Å²) >= 11 is 0. The molecule has 78 valence electrons. The fourth-order valence-corrected chi connectivity index (χ4v) is 1.32. The fraction of sp³-hybridized carbons (Fsp3) is 0.375. The average molecular weight is 217 g/mol. The molecule has 1 rings (SSSR count). The molecule has 0 aliphatic carbocycles. The average Bonchev–Trinajstić information content (AvgIpc) is 2.01. The van der Waals surface area contributed by atoms with E-state index in [1.165, 1.54) is 12.3 Å². The molecule has 2 N–H and O–H groups in total. The summed E-state index contributed by atoms with van der Waals surface area (Å²) in [6.07, 6.45) is 1.21. The van der Waals surface area contributed by atoms with Gasteiger partial charge >= 0.3 is 10.1 Å². The molecule has 1 aromatic heterocycles. The lowest BCUT2D eigenvalue weighted by Gasteiger charge is -2.16. The van der Waals surface area contributed by atoms with Gasteiger partial charge in [-0.3, -0.25) is 4.55 Å². The van der Waals surface area contributed by atoms with Gasteiger partial charge in [-0.1, -0.05) is 6.07 Å². The van der Waals surface area contributed by atoms with Crippen molar-refractivity contribution in [1.82, 2.24) is 4.98 Å². The van der Waals surface area contributed by atoms with Gasteiger partial charge in [0.15, 0.2) is 5.03 Å². The van der Waals surface area contributed by atoms with Crippen molar-refractivity contribution in [1.29, 1.82) is 0 Å². The van der Waals surface area contributed by atoms with Gasteiger partial charge in [0.25, 0.3) is 0 Å². The molecular formula is C8H11NO4S. The Bertz CT molecular complexity index is 416. The lowest BCUT2D eigenvalue weighted by molar-refractivity contribution is 0.0781. The highest BCUT2D eigenvalue weighted by molar-refractivity contribution is 7.85. The molecule has 0 saturated heterocycles. The van der Waals surface area contributed by atoms with Gasteiger partial charge in [-0.05, 0) is 19.9 Å². The van der Waals surface area contributed by atoms with Crippen molar-refractivity contribution in [3.05, 3.63) is 23.9 Å². The third-order valence-electron chi connectivity index (χ3n) is 1.71. The first-order valence-electron chi connectivity index (χ1n) is 3.87. The van der Waals surface area contributed by atoms with Crippen LogP contribution in [0.3, 0.4) is 0 Å². The van der Waals surface area contributed by atoms with Crippen LogP contribution < -0.4 is 0 Å². The van der Waals surface area contributed by atoms with Crippen molar-refractivity contribution in [2.24, 2.45) is 0 Å². The minimum Gasteiger partial charge on any atom is -0.386 e. The van der Waals surface area contributed by atoms with Crippen molar-refractivity contribution >= 4 is 10.1 Å². The summed E-state index contributed by atoms with van der Waals surface area (Å²) in [7, 11) is -4.26. The summed E-state index contributed by atoms with van der Waals surface area (Å²) in [6.45, 7) is 3.11. The summed E-state index contributed by atoms with van der Waals surface area (Å²) < 4.78 is 29.9. The van der Waals surface area contributed by atoms with E-state index < -0.39 is 20.7 Å². The van der Waals surface area contributed by atoms with Crippen LogP contribution in [0.5, 0.6) is 0 Å². The highest BCUT2D eigenvalue weighted by atomic mass is 32.2. The van der Waals surface area contributed by atoms with E-state index in [-0.39, 0.29) is 0 Å². The maximum Gasteiger partial charge on any atom is 0.312 e. The maximum absolute atomic E-state index is 10.6. The molecule has 0 fully saturated rings. The van der Waals surface area contributed by atoms with Crippen LogP contribution in [0.2, 0.25) is 0 Å². The first kappa shape index (κ1) is 11.1. The Kier molecular flexibility index (Phi) is 2.62. The zero-order valence-corrected chi connectivity index (χ0v) is 8.61. The van der Waals surface area contributed by atoms with Gasteiger partial charge in [-0.2, -0.15) is 8.42 Å². The summed E-state index contributed by atoms with van der Waals surface area (Å²) in [5, 5.41) is 9.11. The SMILES string of the molecule is CC(C)(O)c1ccc(S(=O)(=O)O)nc1. The zero-order valence-electron chi connectivity index (χ0n) is 7.80. The number of pyridine rings is 1. The third-order valence-corrected chi connectivity index (χ3v) is 2.48. The van der Waals surface area contributed by atoms with Crippen LogP contribution in [-0.2, 0) is 15.7 Å². The van der Waals surface area contributed by atoms with Gasteiger partial charge in [0.2, 0.25) is 0 Å². The molecular weight excluding hydrogens is 206 g/mol. The molecule has 5 nitrogen and oxygen atoms in total. The molecule has 0 saturated carbocycles. The van der Waals surface area contributed by atoms with Gasteiger partial charge in [0.1, 0.15) is 0 Å². The van der Waals surface area contributed by atoms with Gasteiger partial charge in [-0.25, -0.2) is 4.98 Å². The molecule has 0 aromatic carbocycles. The Morgan fingerprint density at radius 3 is 2.21 bits per heavy atom. The van der Waals surface area contributed by atoms with Crippen molar-refractivity contribution in [3.63, 3.8) is 0 Å². The van der Waals surface area contributed by atoms with E-state index in [1.54, 1.807) is 13.8 Å². The van der Waals surface area contributed by atoms with Crippen LogP contribution in [0.4, 0.5) is 0 Å².